The molecule has 0 saturated heterocycles. The summed E-state index contributed by atoms with van der Waals surface area (Å²) in [4.78, 5) is 4.56. The molecular formula is C20H20N4O. The summed E-state index contributed by atoms with van der Waals surface area (Å²) in [5.74, 6) is 2.27. The molecular weight excluding hydrogens is 312 g/mol. The quantitative estimate of drug-likeness (QED) is 0.615. The van der Waals surface area contributed by atoms with Gasteiger partial charge in [0.25, 0.3) is 0 Å². The molecule has 0 aliphatic heterocycles. The molecule has 0 aliphatic rings. The topological polar surface area (TPSA) is 63.7 Å². The summed E-state index contributed by atoms with van der Waals surface area (Å²) in [6, 6.07) is 20.1. The van der Waals surface area contributed by atoms with Gasteiger partial charge in [0.15, 0.2) is 11.6 Å². The maximum Gasteiger partial charge on any atom is 0.188 e. The first-order chi connectivity index (χ1) is 12.3. The van der Waals surface area contributed by atoms with Crippen LogP contribution in [0.2, 0.25) is 0 Å². The predicted octanol–water partition coefficient (Wildman–Crippen LogP) is 3.91. The van der Waals surface area contributed by atoms with Crippen LogP contribution >= 0.6 is 0 Å². The molecule has 1 heterocycles. The van der Waals surface area contributed by atoms with Gasteiger partial charge in [-0.15, -0.1) is 0 Å². The van der Waals surface area contributed by atoms with Crippen LogP contribution in [0, 0.1) is 11.3 Å². The van der Waals surface area contributed by atoms with Gasteiger partial charge in [-0.3, -0.25) is 0 Å². The van der Waals surface area contributed by atoms with Crippen molar-refractivity contribution >= 4 is 0 Å². The van der Waals surface area contributed by atoms with Crippen LogP contribution < -0.4 is 4.74 Å². The lowest BCUT2D eigenvalue weighted by Crippen LogP contribution is -1.99. The van der Waals surface area contributed by atoms with Gasteiger partial charge in [-0.25, -0.2) is 9.67 Å². The Bertz CT molecular complexity index is 848. The van der Waals surface area contributed by atoms with E-state index in [0.29, 0.717) is 18.9 Å². The Labute approximate surface area is 147 Å². The highest BCUT2D eigenvalue weighted by Crippen LogP contribution is 2.18. The highest BCUT2D eigenvalue weighted by Gasteiger charge is 2.09. The van der Waals surface area contributed by atoms with Gasteiger partial charge < -0.3 is 4.74 Å². The van der Waals surface area contributed by atoms with E-state index in [1.165, 1.54) is 5.56 Å². The first-order valence-electron chi connectivity index (χ1n) is 8.30. The zero-order valence-corrected chi connectivity index (χ0v) is 14.2. The summed E-state index contributed by atoms with van der Waals surface area (Å²) in [6.45, 7) is 0.328. The second-order valence-electron chi connectivity index (χ2n) is 5.79. The summed E-state index contributed by atoms with van der Waals surface area (Å²) >= 11 is 0. The lowest BCUT2D eigenvalue weighted by atomic mass is 10.1. The van der Waals surface area contributed by atoms with Gasteiger partial charge in [-0.2, -0.15) is 10.4 Å². The van der Waals surface area contributed by atoms with Crippen LogP contribution in [0.15, 0.2) is 54.6 Å². The Morgan fingerprint density at radius 3 is 2.56 bits per heavy atom. The average Bonchev–Trinajstić information content (AvgIpc) is 3.03. The van der Waals surface area contributed by atoms with Crippen molar-refractivity contribution in [2.75, 3.05) is 0 Å². The van der Waals surface area contributed by atoms with E-state index in [0.717, 1.165) is 30.0 Å². The highest BCUT2D eigenvalue weighted by molar-refractivity contribution is 5.54. The maximum atomic E-state index is 8.58. The van der Waals surface area contributed by atoms with Crippen molar-refractivity contribution in [1.82, 2.24) is 14.8 Å². The molecule has 5 heteroatoms. The van der Waals surface area contributed by atoms with Gasteiger partial charge in [0.1, 0.15) is 12.4 Å². The molecule has 2 aromatic carbocycles. The van der Waals surface area contributed by atoms with Crippen molar-refractivity contribution in [3.63, 3.8) is 0 Å². The molecule has 0 spiro atoms. The van der Waals surface area contributed by atoms with E-state index in [1.807, 2.05) is 61.6 Å². The Morgan fingerprint density at radius 2 is 1.84 bits per heavy atom. The fourth-order valence-electron chi connectivity index (χ4n) is 2.61. The molecule has 25 heavy (non-hydrogen) atoms. The summed E-state index contributed by atoms with van der Waals surface area (Å²) in [5.41, 5.74) is 2.25. The minimum Gasteiger partial charge on any atom is -0.486 e. The Morgan fingerprint density at radius 1 is 1.08 bits per heavy atom. The number of nitrogens with zero attached hydrogens (tertiary/aromatic N) is 4. The molecule has 0 saturated carbocycles. The molecule has 0 radical (unpaired) electrons. The van der Waals surface area contributed by atoms with Crippen molar-refractivity contribution in [3.05, 3.63) is 66.0 Å². The number of hydrogen-bond acceptors (Lipinski definition) is 4. The normalized spacial score (nSPS) is 10.4. The van der Waals surface area contributed by atoms with E-state index in [9.17, 15) is 0 Å². The predicted molar refractivity (Wildman–Crippen MR) is 95.8 cm³/mol. The molecule has 3 aromatic rings. The number of nitriles is 1. The van der Waals surface area contributed by atoms with Crippen LogP contribution in [-0.2, 0) is 20.1 Å². The van der Waals surface area contributed by atoms with Gasteiger partial charge in [-0.1, -0.05) is 42.5 Å². The fourth-order valence-corrected chi connectivity index (χ4v) is 2.61. The van der Waals surface area contributed by atoms with E-state index in [-0.39, 0.29) is 0 Å². The number of ether oxygens (including phenoxy) is 1. The van der Waals surface area contributed by atoms with Gasteiger partial charge in [-0.05, 0) is 30.5 Å². The van der Waals surface area contributed by atoms with E-state index in [4.69, 9.17) is 10.00 Å². The zero-order valence-electron chi connectivity index (χ0n) is 14.2. The lowest BCUT2D eigenvalue weighted by molar-refractivity contribution is 0.295. The molecule has 5 nitrogen and oxygen atoms in total. The molecule has 0 bridgehead atoms. The Hall–Kier alpha value is -3.13. The molecule has 0 N–H and O–H groups in total. The van der Waals surface area contributed by atoms with Gasteiger partial charge in [0, 0.05) is 19.0 Å². The van der Waals surface area contributed by atoms with Crippen LogP contribution in [0.4, 0.5) is 0 Å². The largest absolute Gasteiger partial charge is 0.486 e. The standard InChI is InChI=1S/C20H20N4O/c1-24-20(17-8-3-2-4-9-17)22-19(23-24)15-25-18-12-10-16(11-13-18)7-5-6-14-21/h2-4,8-13H,5-7,15H2,1H3. The van der Waals surface area contributed by atoms with E-state index < -0.39 is 0 Å². The second-order valence-corrected chi connectivity index (χ2v) is 5.79. The molecule has 126 valence electrons. The summed E-state index contributed by atoms with van der Waals surface area (Å²) < 4.78 is 7.56. The Balaban J connectivity index is 1.60. The molecule has 3 rings (SSSR count). The van der Waals surface area contributed by atoms with Crippen molar-refractivity contribution in [1.29, 1.82) is 5.26 Å². The first kappa shape index (κ1) is 16.7. The average molecular weight is 332 g/mol. The minimum absolute atomic E-state index is 0.328. The fraction of sp³-hybridized carbons (Fsp3) is 0.250. The van der Waals surface area contributed by atoms with Crippen molar-refractivity contribution < 1.29 is 4.74 Å². The number of aromatic nitrogens is 3. The first-order valence-corrected chi connectivity index (χ1v) is 8.30. The molecule has 0 fully saturated rings. The summed E-state index contributed by atoms with van der Waals surface area (Å²) in [6.07, 6.45) is 2.39. The molecule has 0 aliphatic carbocycles. The molecule has 1 aromatic heterocycles. The van der Waals surface area contributed by atoms with E-state index in [2.05, 4.69) is 16.2 Å². The van der Waals surface area contributed by atoms with Crippen LogP contribution in [0.1, 0.15) is 24.2 Å². The lowest BCUT2D eigenvalue weighted by Gasteiger charge is -2.05. The third kappa shape index (κ3) is 4.45. The van der Waals surface area contributed by atoms with Crippen LogP contribution in [-0.4, -0.2) is 14.8 Å². The smallest absolute Gasteiger partial charge is 0.188 e. The van der Waals surface area contributed by atoms with Crippen LogP contribution in [0.5, 0.6) is 5.75 Å². The number of aryl methyl sites for hydroxylation is 2. The van der Waals surface area contributed by atoms with Crippen molar-refractivity contribution in [3.8, 4) is 23.2 Å². The van der Waals surface area contributed by atoms with Crippen LogP contribution in [0.25, 0.3) is 11.4 Å². The molecule has 0 amide bonds. The molecule has 0 atom stereocenters. The highest BCUT2D eigenvalue weighted by atomic mass is 16.5. The van der Waals surface area contributed by atoms with E-state index in [1.54, 1.807) is 4.68 Å². The summed E-state index contributed by atoms with van der Waals surface area (Å²) in [7, 11) is 1.88. The number of benzene rings is 2. The van der Waals surface area contributed by atoms with Gasteiger partial charge in [0.05, 0.1) is 6.07 Å². The zero-order chi connectivity index (χ0) is 17.5. The van der Waals surface area contributed by atoms with Crippen molar-refractivity contribution in [2.45, 2.75) is 25.9 Å². The van der Waals surface area contributed by atoms with Gasteiger partial charge in [0.2, 0.25) is 0 Å². The number of hydrogen-bond donors (Lipinski definition) is 0. The van der Waals surface area contributed by atoms with E-state index >= 15 is 0 Å². The number of rotatable bonds is 7. The van der Waals surface area contributed by atoms with Crippen LogP contribution in [0.3, 0.4) is 0 Å². The number of unbranched alkanes of at least 4 members (excludes halogenated alkanes) is 1. The van der Waals surface area contributed by atoms with Gasteiger partial charge >= 0.3 is 0 Å². The third-order valence-corrected chi connectivity index (χ3v) is 3.88. The maximum absolute atomic E-state index is 8.58. The Kier molecular flexibility index (Phi) is 5.43. The van der Waals surface area contributed by atoms with Crippen molar-refractivity contribution in [2.24, 2.45) is 7.05 Å². The molecule has 0 unspecified atom stereocenters. The third-order valence-electron chi connectivity index (χ3n) is 3.88. The SMILES string of the molecule is Cn1nc(COc2ccc(CCCC#N)cc2)nc1-c1ccccc1. The monoisotopic (exact) mass is 332 g/mol. The second kappa shape index (κ2) is 8.11. The minimum atomic E-state index is 0.328. The summed E-state index contributed by atoms with van der Waals surface area (Å²) in [5, 5.41) is 13.0.